The van der Waals surface area contributed by atoms with Crippen LogP contribution in [0.2, 0.25) is 0 Å². The van der Waals surface area contributed by atoms with Gasteiger partial charge in [-0.25, -0.2) is 4.98 Å². The van der Waals surface area contributed by atoms with E-state index in [0.29, 0.717) is 17.1 Å². The van der Waals surface area contributed by atoms with Crippen LogP contribution in [0.1, 0.15) is 22.0 Å². The molecule has 0 fully saturated rings. The zero-order chi connectivity index (χ0) is 25.2. The van der Waals surface area contributed by atoms with Crippen LogP contribution in [-0.4, -0.2) is 31.2 Å². The van der Waals surface area contributed by atoms with E-state index in [1.807, 2.05) is 49.3 Å². The molecule has 0 spiro atoms. The van der Waals surface area contributed by atoms with Crippen LogP contribution < -0.4 is 20.7 Å². The Morgan fingerprint density at radius 2 is 1.66 bits per heavy atom. The number of benzene rings is 3. The first kappa shape index (κ1) is 24.0. The molecule has 4 rings (SSSR count). The minimum absolute atomic E-state index is 0.240. The van der Waals surface area contributed by atoms with E-state index >= 15 is 0 Å². The van der Waals surface area contributed by atoms with Gasteiger partial charge in [0.15, 0.2) is 5.78 Å². The Morgan fingerprint density at radius 3 is 2.34 bits per heavy atom. The van der Waals surface area contributed by atoms with Gasteiger partial charge in [0.2, 0.25) is 0 Å². The third-order valence-corrected chi connectivity index (χ3v) is 5.38. The second kappa shape index (κ2) is 9.63. The Hall–Kier alpha value is -4.11. The average molecular weight is 480 g/mol. The number of nitrogens with two attached hydrogens (primary N) is 1. The predicted molar refractivity (Wildman–Crippen MR) is 130 cm³/mol. The number of halogens is 3. The fraction of sp³-hybridized carbons (Fsp3) is 0.154. The molecule has 3 aromatic carbocycles. The van der Waals surface area contributed by atoms with E-state index in [1.54, 1.807) is 24.3 Å². The number of anilines is 3. The second-order valence-corrected chi connectivity index (χ2v) is 8.07. The number of rotatable bonds is 7. The molecule has 0 aliphatic rings. The summed E-state index contributed by atoms with van der Waals surface area (Å²) in [5, 5.41) is 4.27. The Bertz CT molecular complexity index is 1360. The van der Waals surface area contributed by atoms with Crippen LogP contribution in [0.3, 0.4) is 0 Å². The highest BCUT2D eigenvalue weighted by atomic mass is 19.4. The number of carbonyl (C=O) groups excluding carboxylic acids is 1. The molecule has 0 amide bonds. The Kier molecular flexibility index (Phi) is 6.61. The maximum Gasteiger partial charge on any atom is 0.573 e. The van der Waals surface area contributed by atoms with Gasteiger partial charge in [-0.2, -0.15) is 0 Å². The molecular formula is C26H23F3N4O2. The van der Waals surface area contributed by atoms with E-state index in [4.69, 9.17) is 5.73 Å². The zero-order valence-electron chi connectivity index (χ0n) is 19.0. The van der Waals surface area contributed by atoms with E-state index < -0.39 is 23.9 Å². The van der Waals surface area contributed by atoms with Crippen LogP contribution in [0.15, 0.2) is 78.9 Å². The molecule has 0 saturated heterocycles. The highest BCUT2D eigenvalue weighted by Crippen LogP contribution is 2.31. The van der Waals surface area contributed by atoms with Crippen molar-refractivity contribution in [2.75, 3.05) is 24.3 Å². The molecule has 9 heteroatoms. The summed E-state index contributed by atoms with van der Waals surface area (Å²) in [6, 6.07) is 20.5. The molecule has 4 aromatic rings. The van der Waals surface area contributed by atoms with Crippen molar-refractivity contribution < 1.29 is 22.7 Å². The molecule has 0 aliphatic carbocycles. The molecule has 0 radical (unpaired) electrons. The summed E-state index contributed by atoms with van der Waals surface area (Å²) >= 11 is 0. The van der Waals surface area contributed by atoms with Crippen LogP contribution in [0, 0.1) is 0 Å². The number of ketones is 1. The summed E-state index contributed by atoms with van der Waals surface area (Å²) in [6.07, 6.45) is -4.92. The highest BCUT2D eigenvalue weighted by Gasteiger charge is 2.33. The SMILES string of the molecule is CN(C)c1cc(Nc2ccc(C(N)C(=O)c3ccccc3OC(F)(F)F)cc2)nc2ccccc12. The number of nitrogens with one attached hydrogen (secondary N) is 1. The minimum atomic E-state index is -4.92. The fourth-order valence-corrected chi connectivity index (χ4v) is 3.72. The van der Waals surface area contributed by atoms with E-state index in [9.17, 15) is 18.0 Å². The molecule has 0 aliphatic heterocycles. The number of pyridine rings is 1. The topological polar surface area (TPSA) is 80.5 Å². The number of carbonyl (C=O) groups is 1. The number of para-hydroxylation sites is 2. The summed E-state index contributed by atoms with van der Waals surface area (Å²) in [4.78, 5) is 19.5. The standard InChI is InChI=1S/C26H23F3N4O2/c1-33(2)21-15-23(32-20-9-5-3-7-18(20)21)31-17-13-11-16(12-14-17)24(30)25(34)19-8-4-6-10-22(19)35-26(27,28)29/h3-15,24H,30H2,1-2H3,(H,31,32). The molecule has 1 aromatic heterocycles. The summed E-state index contributed by atoms with van der Waals surface area (Å²) in [5.74, 6) is -0.631. The van der Waals surface area contributed by atoms with Crippen molar-refractivity contribution in [3.8, 4) is 5.75 Å². The maximum absolute atomic E-state index is 12.9. The first-order valence-electron chi connectivity index (χ1n) is 10.7. The molecule has 3 N–H and O–H groups in total. The average Bonchev–Trinajstić information content (AvgIpc) is 2.82. The van der Waals surface area contributed by atoms with E-state index in [-0.39, 0.29) is 5.56 Å². The number of alkyl halides is 3. The third-order valence-electron chi connectivity index (χ3n) is 5.38. The van der Waals surface area contributed by atoms with E-state index in [0.717, 1.165) is 22.7 Å². The van der Waals surface area contributed by atoms with Gasteiger partial charge in [-0.15, -0.1) is 13.2 Å². The van der Waals surface area contributed by atoms with Gasteiger partial charge in [-0.05, 0) is 35.9 Å². The van der Waals surface area contributed by atoms with Crippen LogP contribution in [0.25, 0.3) is 10.9 Å². The smallest absolute Gasteiger partial charge is 0.405 e. The lowest BCUT2D eigenvalue weighted by molar-refractivity contribution is -0.274. The number of nitrogens with zero attached hydrogens (tertiary/aromatic N) is 2. The largest absolute Gasteiger partial charge is 0.573 e. The quantitative estimate of drug-likeness (QED) is 0.324. The molecular weight excluding hydrogens is 457 g/mol. The molecule has 1 unspecified atom stereocenters. The second-order valence-electron chi connectivity index (χ2n) is 8.07. The molecule has 35 heavy (non-hydrogen) atoms. The number of aromatic nitrogens is 1. The predicted octanol–water partition coefficient (Wildman–Crippen LogP) is 5.83. The van der Waals surface area contributed by atoms with Crippen molar-refractivity contribution >= 4 is 33.9 Å². The van der Waals surface area contributed by atoms with Crippen LogP contribution in [0.4, 0.5) is 30.4 Å². The van der Waals surface area contributed by atoms with Crippen molar-refractivity contribution in [1.82, 2.24) is 4.98 Å². The number of ether oxygens (including phenoxy) is 1. The number of hydrogen-bond donors (Lipinski definition) is 2. The highest BCUT2D eigenvalue weighted by molar-refractivity contribution is 6.02. The normalized spacial score (nSPS) is 12.3. The summed E-state index contributed by atoms with van der Waals surface area (Å²) in [7, 11) is 3.91. The van der Waals surface area contributed by atoms with Crippen LogP contribution in [0.5, 0.6) is 5.75 Å². The molecule has 1 atom stereocenters. The Balaban J connectivity index is 1.55. The minimum Gasteiger partial charge on any atom is -0.405 e. The lowest BCUT2D eigenvalue weighted by atomic mass is 9.97. The van der Waals surface area contributed by atoms with Gasteiger partial charge >= 0.3 is 6.36 Å². The number of fused-ring (bicyclic) bond motifs is 1. The van der Waals surface area contributed by atoms with Crippen LogP contribution in [-0.2, 0) is 0 Å². The van der Waals surface area contributed by atoms with Gasteiger partial charge in [0.25, 0.3) is 0 Å². The lowest BCUT2D eigenvalue weighted by Gasteiger charge is -2.18. The lowest BCUT2D eigenvalue weighted by Crippen LogP contribution is -2.24. The molecule has 0 bridgehead atoms. The van der Waals surface area contributed by atoms with Gasteiger partial charge in [-0.3, -0.25) is 4.79 Å². The zero-order valence-corrected chi connectivity index (χ0v) is 19.0. The third kappa shape index (κ3) is 5.52. The van der Waals surface area contributed by atoms with Crippen molar-refractivity contribution in [3.63, 3.8) is 0 Å². The number of Topliss-reactive ketones (excluding diaryl/α,β-unsaturated/α-hetero) is 1. The van der Waals surface area contributed by atoms with Crippen molar-refractivity contribution in [1.29, 1.82) is 0 Å². The Morgan fingerprint density at radius 1 is 1.00 bits per heavy atom. The molecule has 6 nitrogen and oxygen atoms in total. The fourth-order valence-electron chi connectivity index (χ4n) is 3.72. The van der Waals surface area contributed by atoms with Crippen LogP contribution >= 0.6 is 0 Å². The molecule has 180 valence electrons. The van der Waals surface area contributed by atoms with Gasteiger partial charge < -0.3 is 20.7 Å². The summed E-state index contributed by atoms with van der Waals surface area (Å²) in [6.45, 7) is 0. The summed E-state index contributed by atoms with van der Waals surface area (Å²) in [5.41, 5.74) is 8.85. The van der Waals surface area contributed by atoms with Gasteiger partial charge in [0, 0.05) is 36.9 Å². The van der Waals surface area contributed by atoms with Crippen molar-refractivity contribution in [2.24, 2.45) is 5.73 Å². The van der Waals surface area contributed by atoms with E-state index in [1.165, 1.54) is 18.2 Å². The van der Waals surface area contributed by atoms with Crippen molar-refractivity contribution in [3.05, 3.63) is 90.0 Å². The first-order valence-corrected chi connectivity index (χ1v) is 10.7. The molecule has 0 saturated carbocycles. The first-order chi connectivity index (χ1) is 16.6. The van der Waals surface area contributed by atoms with Crippen molar-refractivity contribution in [2.45, 2.75) is 12.4 Å². The molecule has 1 heterocycles. The summed E-state index contributed by atoms with van der Waals surface area (Å²) < 4.78 is 42.1. The van der Waals surface area contributed by atoms with E-state index in [2.05, 4.69) is 15.0 Å². The Labute approximate surface area is 200 Å². The number of hydrogen-bond acceptors (Lipinski definition) is 6. The van der Waals surface area contributed by atoms with Gasteiger partial charge in [-0.1, -0.05) is 42.5 Å². The van der Waals surface area contributed by atoms with Gasteiger partial charge in [0.1, 0.15) is 11.6 Å². The van der Waals surface area contributed by atoms with Gasteiger partial charge in [0.05, 0.1) is 17.1 Å². The monoisotopic (exact) mass is 480 g/mol. The maximum atomic E-state index is 12.9.